The zero-order chi connectivity index (χ0) is 22.5. The Hall–Kier alpha value is -2.79. The van der Waals surface area contributed by atoms with Gasteiger partial charge in [0.25, 0.3) is 0 Å². The number of ether oxygens (including phenoxy) is 3. The van der Waals surface area contributed by atoms with E-state index in [0.717, 1.165) is 6.07 Å². The molecule has 11 heteroatoms. The molecule has 2 aromatic carbocycles. The van der Waals surface area contributed by atoms with Crippen LogP contribution in [-0.4, -0.2) is 34.1 Å². The van der Waals surface area contributed by atoms with Gasteiger partial charge in [0.1, 0.15) is 19.8 Å². The summed E-state index contributed by atoms with van der Waals surface area (Å²) in [6.45, 7) is 0.136. The molecular weight excluding hydrogens is 439 g/mol. The number of sulfonamides is 1. The van der Waals surface area contributed by atoms with Crippen LogP contribution in [0.1, 0.15) is 24.0 Å². The number of esters is 1. The number of hydrogen-bond acceptors (Lipinski definition) is 6. The molecule has 0 saturated heterocycles. The summed E-state index contributed by atoms with van der Waals surface area (Å²) in [4.78, 5) is 11.8. The fourth-order valence-corrected chi connectivity index (χ4v) is 3.96. The molecule has 0 saturated carbocycles. The molecule has 1 aliphatic rings. The zero-order valence-electron chi connectivity index (χ0n) is 16.3. The molecule has 7 nitrogen and oxygen atoms in total. The molecule has 0 fully saturated rings. The van der Waals surface area contributed by atoms with Crippen molar-refractivity contribution in [2.24, 2.45) is 0 Å². The van der Waals surface area contributed by atoms with Crippen molar-refractivity contribution in [2.45, 2.75) is 30.5 Å². The summed E-state index contributed by atoms with van der Waals surface area (Å²) in [5, 5.41) is 0. The van der Waals surface area contributed by atoms with Crippen molar-refractivity contribution in [3.63, 3.8) is 0 Å². The van der Waals surface area contributed by atoms with E-state index in [9.17, 15) is 26.4 Å². The second-order valence-corrected chi connectivity index (χ2v) is 8.39. The average molecular weight is 459 g/mol. The van der Waals surface area contributed by atoms with Crippen molar-refractivity contribution >= 4 is 16.0 Å². The van der Waals surface area contributed by atoms with Crippen molar-refractivity contribution in [3.05, 3.63) is 53.6 Å². The van der Waals surface area contributed by atoms with Gasteiger partial charge in [0, 0.05) is 24.6 Å². The molecule has 0 atom stereocenters. The van der Waals surface area contributed by atoms with Gasteiger partial charge in [-0.15, -0.1) is 0 Å². The molecule has 0 aromatic heterocycles. The normalized spacial score (nSPS) is 13.6. The van der Waals surface area contributed by atoms with Gasteiger partial charge >= 0.3 is 12.1 Å². The van der Waals surface area contributed by atoms with Gasteiger partial charge in [-0.3, -0.25) is 4.79 Å². The molecule has 0 radical (unpaired) electrons. The molecule has 0 spiro atoms. The molecule has 2 aromatic rings. The van der Waals surface area contributed by atoms with Gasteiger partial charge in [0.2, 0.25) is 10.0 Å². The number of alkyl halides is 3. The molecule has 31 heavy (non-hydrogen) atoms. The highest BCUT2D eigenvalue weighted by atomic mass is 32.2. The number of nitrogens with one attached hydrogen (secondary N) is 1. The maximum atomic E-state index is 12.9. The van der Waals surface area contributed by atoms with E-state index in [1.807, 2.05) is 0 Å². The molecule has 0 aliphatic carbocycles. The van der Waals surface area contributed by atoms with Crippen LogP contribution in [0.3, 0.4) is 0 Å². The smallest absolute Gasteiger partial charge is 0.416 e. The SMILES string of the molecule is O=C(CCCNS(=O)(=O)c1ccc2c(c1)OCCO2)OCc1ccccc1C(F)(F)F. The van der Waals surface area contributed by atoms with E-state index in [2.05, 4.69) is 4.72 Å². The lowest BCUT2D eigenvalue weighted by atomic mass is 10.1. The minimum atomic E-state index is -4.55. The minimum absolute atomic E-state index is 0.0110. The average Bonchev–Trinajstić information content (AvgIpc) is 2.74. The van der Waals surface area contributed by atoms with Gasteiger partial charge < -0.3 is 14.2 Å². The number of halogens is 3. The third-order valence-corrected chi connectivity index (χ3v) is 5.84. The van der Waals surface area contributed by atoms with Crippen LogP contribution in [0.2, 0.25) is 0 Å². The van der Waals surface area contributed by atoms with Crippen LogP contribution in [0.25, 0.3) is 0 Å². The number of fused-ring (bicyclic) bond motifs is 1. The maximum absolute atomic E-state index is 12.9. The number of hydrogen-bond donors (Lipinski definition) is 1. The quantitative estimate of drug-likeness (QED) is 0.481. The summed E-state index contributed by atoms with van der Waals surface area (Å²) in [6.07, 6.45) is -4.59. The fraction of sp³-hybridized carbons (Fsp3) is 0.350. The van der Waals surface area contributed by atoms with Crippen LogP contribution in [0.15, 0.2) is 47.4 Å². The standard InChI is InChI=1S/C20H20F3NO6S/c21-20(22,23)16-5-2-1-4-14(16)13-30-19(25)6-3-9-24-31(26,27)15-7-8-17-18(12-15)29-11-10-28-17/h1-2,4-5,7-8,12,24H,3,6,9-11,13H2. The highest BCUT2D eigenvalue weighted by Gasteiger charge is 2.33. The summed E-state index contributed by atoms with van der Waals surface area (Å²) >= 11 is 0. The highest BCUT2D eigenvalue weighted by molar-refractivity contribution is 7.89. The Balaban J connectivity index is 1.46. The van der Waals surface area contributed by atoms with Gasteiger partial charge in [-0.2, -0.15) is 13.2 Å². The van der Waals surface area contributed by atoms with Gasteiger partial charge in [-0.05, 0) is 24.6 Å². The third-order valence-electron chi connectivity index (χ3n) is 4.39. The number of benzene rings is 2. The summed E-state index contributed by atoms with van der Waals surface area (Å²) < 4.78 is 81.5. The predicted octanol–water partition coefficient (Wildman–Crippen LogP) is 3.28. The van der Waals surface area contributed by atoms with E-state index in [4.69, 9.17) is 14.2 Å². The Kier molecular flexibility index (Phi) is 7.06. The highest BCUT2D eigenvalue weighted by Crippen LogP contribution is 2.33. The van der Waals surface area contributed by atoms with E-state index >= 15 is 0 Å². The summed E-state index contributed by atoms with van der Waals surface area (Å²) in [5.74, 6) is 0.0624. The van der Waals surface area contributed by atoms with Crippen LogP contribution in [0, 0.1) is 0 Å². The monoisotopic (exact) mass is 459 g/mol. The first-order valence-corrected chi connectivity index (χ1v) is 10.9. The first-order valence-electron chi connectivity index (χ1n) is 9.37. The molecule has 3 rings (SSSR count). The lowest BCUT2D eigenvalue weighted by Gasteiger charge is -2.18. The largest absolute Gasteiger partial charge is 0.486 e. The molecule has 0 bridgehead atoms. The molecule has 0 amide bonds. The van der Waals surface area contributed by atoms with Gasteiger partial charge in [0.05, 0.1) is 10.5 Å². The minimum Gasteiger partial charge on any atom is -0.486 e. The van der Waals surface area contributed by atoms with E-state index in [0.29, 0.717) is 24.7 Å². The Morgan fingerprint density at radius 3 is 2.52 bits per heavy atom. The summed E-state index contributed by atoms with van der Waals surface area (Å²) in [5.41, 5.74) is -1.02. The summed E-state index contributed by atoms with van der Waals surface area (Å²) in [7, 11) is -3.83. The Morgan fingerprint density at radius 1 is 1.06 bits per heavy atom. The predicted molar refractivity (Wildman–Crippen MR) is 103 cm³/mol. The van der Waals surface area contributed by atoms with Crippen molar-refractivity contribution in [1.82, 2.24) is 4.72 Å². The Bertz CT molecular complexity index is 1040. The molecule has 1 N–H and O–H groups in total. The second kappa shape index (κ2) is 9.56. The van der Waals surface area contributed by atoms with Crippen LogP contribution in [0.4, 0.5) is 13.2 Å². The van der Waals surface area contributed by atoms with Gasteiger partial charge in [0.15, 0.2) is 11.5 Å². The first-order chi connectivity index (χ1) is 14.7. The van der Waals surface area contributed by atoms with E-state index in [-0.39, 0.29) is 29.8 Å². The lowest BCUT2D eigenvalue weighted by Crippen LogP contribution is -2.25. The Morgan fingerprint density at radius 2 is 1.77 bits per heavy atom. The molecule has 1 heterocycles. The topological polar surface area (TPSA) is 90.9 Å². The number of carbonyl (C=O) groups excluding carboxylic acids is 1. The van der Waals surface area contributed by atoms with Crippen molar-refractivity contribution in [3.8, 4) is 11.5 Å². The molecule has 0 unspecified atom stereocenters. The van der Waals surface area contributed by atoms with Crippen LogP contribution in [-0.2, 0) is 32.3 Å². The van der Waals surface area contributed by atoms with E-state index in [1.54, 1.807) is 0 Å². The first kappa shape index (κ1) is 22.9. The molecule has 168 valence electrons. The van der Waals surface area contributed by atoms with Crippen LogP contribution >= 0.6 is 0 Å². The molecule has 1 aliphatic heterocycles. The Labute approximate surface area is 177 Å². The zero-order valence-corrected chi connectivity index (χ0v) is 17.1. The fourth-order valence-electron chi connectivity index (χ4n) is 2.87. The lowest BCUT2D eigenvalue weighted by molar-refractivity contribution is -0.147. The van der Waals surface area contributed by atoms with E-state index in [1.165, 1.54) is 36.4 Å². The van der Waals surface area contributed by atoms with E-state index < -0.39 is 34.3 Å². The van der Waals surface area contributed by atoms with Crippen molar-refractivity contribution in [1.29, 1.82) is 0 Å². The van der Waals surface area contributed by atoms with Gasteiger partial charge in [-0.25, -0.2) is 13.1 Å². The van der Waals surface area contributed by atoms with Crippen LogP contribution in [0.5, 0.6) is 11.5 Å². The van der Waals surface area contributed by atoms with Gasteiger partial charge in [-0.1, -0.05) is 18.2 Å². The molecular formula is C20H20F3NO6S. The maximum Gasteiger partial charge on any atom is 0.416 e. The number of rotatable bonds is 8. The van der Waals surface area contributed by atoms with Crippen molar-refractivity contribution in [2.75, 3.05) is 19.8 Å². The second-order valence-electron chi connectivity index (χ2n) is 6.62. The van der Waals surface area contributed by atoms with Crippen LogP contribution < -0.4 is 14.2 Å². The number of carbonyl (C=O) groups is 1. The van der Waals surface area contributed by atoms with Crippen molar-refractivity contribution < 1.29 is 40.6 Å². The third kappa shape index (κ3) is 6.11. The summed E-state index contributed by atoms with van der Waals surface area (Å²) in [6, 6.07) is 9.05.